The van der Waals surface area contributed by atoms with Crippen LogP contribution in [0.5, 0.6) is 5.75 Å². The van der Waals surface area contributed by atoms with Crippen molar-refractivity contribution >= 4 is 17.7 Å². The number of nitrogens with one attached hydrogen (secondary N) is 1. The standard InChI is InChI=1S/C15H20N2O4/c1-3-8-17(10-4-5-10)15(20)16-13-9-11(21-2)6-7-12(13)14(18)19/h6-7,9-10H,3-5,8H2,1-2H3,(H,16,20)(H,18,19). The Hall–Kier alpha value is -2.24. The number of anilines is 1. The number of benzene rings is 1. The summed E-state index contributed by atoms with van der Waals surface area (Å²) >= 11 is 0. The molecule has 2 amide bonds. The van der Waals surface area contributed by atoms with Gasteiger partial charge in [-0.25, -0.2) is 9.59 Å². The van der Waals surface area contributed by atoms with Gasteiger partial charge in [0.15, 0.2) is 0 Å². The Morgan fingerprint density at radius 2 is 2.14 bits per heavy atom. The molecule has 1 aliphatic carbocycles. The molecule has 1 aromatic carbocycles. The Labute approximate surface area is 123 Å². The molecule has 0 aliphatic heterocycles. The molecule has 0 unspecified atom stereocenters. The van der Waals surface area contributed by atoms with Crippen LogP contribution in [-0.4, -0.2) is 41.7 Å². The van der Waals surface area contributed by atoms with Gasteiger partial charge in [-0.05, 0) is 31.4 Å². The van der Waals surface area contributed by atoms with E-state index in [0.717, 1.165) is 19.3 Å². The molecule has 6 heteroatoms. The highest BCUT2D eigenvalue weighted by Crippen LogP contribution is 2.29. The fraction of sp³-hybridized carbons (Fsp3) is 0.467. The summed E-state index contributed by atoms with van der Waals surface area (Å²) in [4.78, 5) is 25.3. The summed E-state index contributed by atoms with van der Waals surface area (Å²) in [7, 11) is 1.49. The highest BCUT2D eigenvalue weighted by Gasteiger charge is 2.32. The second-order valence-electron chi connectivity index (χ2n) is 5.07. The summed E-state index contributed by atoms with van der Waals surface area (Å²) in [6.07, 6.45) is 2.89. The smallest absolute Gasteiger partial charge is 0.337 e. The van der Waals surface area contributed by atoms with Crippen molar-refractivity contribution in [2.75, 3.05) is 19.0 Å². The van der Waals surface area contributed by atoms with Gasteiger partial charge in [0.2, 0.25) is 0 Å². The summed E-state index contributed by atoms with van der Waals surface area (Å²) in [5.74, 6) is -0.579. The lowest BCUT2D eigenvalue weighted by Gasteiger charge is -2.22. The summed E-state index contributed by atoms with van der Waals surface area (Å²) in [6, 6.07) is 4.54. The van der Waals surface area contributed by atoms with Crippen molar-refractivity contribution in [1.82, 2.24) is 4.90 Å². The van der Waals surface area contributed by atoms with Gasteiger partial charge in [0.05, 0.1) is 18.4 Å². The maximum atomic E-state index is 12.3. The van der Waals surface area contributed by atoms with Crippen LogP contribution >= 0.6 is 0 Å². The van der Waals surface area contributed by atoms with Gasteiger partial charge < -0.3 is 20.1 Å². The van der Waals surface area contributed by atoms with E-state index in [1.807, 2.05) is 6.92 Å². The van der Waals surface area contributed by atoms with E-state index in [2.05, 4.69) is 5.32 Å². The SMILES string of the molecule is CCCN(C(=O)Nc1cc(OC)ccc1C(=O)O)C1CC1. The average Bonchev–Trinajstić information content (AvgIpc) is 3.28. The van der Waals surface area contributed by atoms with Gasteiger partial charge in [-0.15, -0.1) is 0 Å². The summed E-state index contributed by atoms with van der Waals surface area (Å²) < 4.78 is 5.08. The molecule has 1 fully saturated rings. The monoisotopic (exact) mass is 292 g/mol. The van der Waals surface area contributed by atoms with E-state index >= 15 is 0 Å². The quantitative estimate of drug-likeness (QED) is 0.845. The van der Waals surface area contributed by atoms with E-state index < -0.39 is 5.97 Å². The first-order valence-corrected chi connectivity index (χ1v) is 7.05. The van der Waals surface area contributed by atoms with Gasteiger partial charge in [-0.1, -0.05) is 6.92 Å². The molecule has 0 saturated heterocycles. The third-order valence-corrected chi connectivity index (χ3v) is 3.41. The Bertz CT molecular complexity index is 540. The predicted molar refractivity (Wildman–Crippen MR) is 79.0 cm³/mol. The second-order valence-corrected chi connectivity index (χ2v) is 5.07. The molecule has 1 aromatic rings. The molecule has 1 saturated carbocycles. The van der Waals surface area contributed by atoms with E-state index in [-0.39, 0.29) is 23.3 Å². The maximum Gasteiger partial charge on any atom is 0.337 e. The Kier molecular flexibility index (Phi) is 4.67. The van der Waals surface area contributed by atoms with E-state index in [4.69, 9.17) is 4.74 Å². The van der Waals surface area contributed by atoms with Crippen molar-refractivity contribution in [3.05, 3.63) is 23.8 Å². The van der Waals surface area contributed by atoms with Crippen molar-refractivity contribution in [2.24, 2.45) is 0 Å². The molecule has 0 atom stereocenters. The third-order valence-electron chi connectivity index (χ3n) is 3.41. The van der Waals surface area contributed by atoms with Crippen LogP contribution in [0, 0.1) is 0 Å². The number of carboxylic acid groups (broad SMARTS) is 1. The van der Waals surface area contributed by atoms with E-state index in [1.54, 1.807) is 11.0 Å². The lowest BCUT2D eigenvalue weighted by Crippen LogP contribution is -2.37. The van der Waals surface area contributed by atoms with Crippen molar-refractivity contribution in [1.29, 1.82) is 0 Å². The first-order valence-electron chi connectivity index (χ1n) is 7.05. The van der Waals surface area contributed by atoms with Crippen molar-refractivity contribution in [3.63, 3.8) is 0 Å². The summed E-state index contributed by atoms with van der Waals surface area (Å²) in [6.45, 7) is 2.68. The number of aromatic carboxylic acids is 1. The minimum Gasteiger partial charge on any atom is -0.497 e. The minimum absolute atomic E-state index is 0.0522. The number of amides is 2. The first-order chi connectivity index (χ1) is 10.1. The summed E-state index contributed by atoms with van der Waals surface area (Å²) in [5.41, 5.74) is 0.310. The number of carbonyl (C=O) groups is 2. The molecule has 2 rings (SSSR count). The van der Waals surface area contributed by atoms with Gasteiger partial charge in [-0.3, -0.25) is 0 Å². The zero-order chi connectivity index (χ0) is 15.4. The molecule has 6 nitrogen and oxygen atoms in total. The summed E-state index contributed by atoms with van der Waals surface area (Å²) in [5, 5.41) is 11.9. The fourth-order valence-corrected chi connectivity index (χ4v) is 2.20. The van der Waals surface area contributed by atoms with Crippen LogP contribution in [-0.2, 0) is 0 Å². The topological polar surface area (TPSA) is 78.9 Å². The normalized spacial score (nSPS) is 13.6. The van der Waals surface area contributed by atoms with Crippen LogP contribution in [0.1, 0.15) is 36.5 Å². The lowest BCUT2D eigenvalue weighted by atomic mass is 10.1. The van der Waals surface area contributed by atoms with Crippen molar-refractivity contribution in [3.8, 4) is 5.75 Å². The number of carboxylic acids is 1. The van der Waals surface area contributed by atoms with E-state index in [0.29, 0.717) is 12.3 Å². The number of hydrogen-bond acceptors (Lipinski definition) is 3. The highest BCUT2D eigenvalue weighted by atomic mass is 16.5. The predicted octanol–water partition coefficient (Wildman–Crippen LogP) is 2.80. The van der Waals surface area contributed by atoms with Crippen LogP contribution in [0.4, 0.5) is 10.5 Å². The average molecular weight is 292 g/mol. The number of nitrogens with zero attached hydrogens (tertiary/aromatic N) is 1. The number of carbonyl (C=O) groups excluding carboxylic acids is 1. The van der Waals surface area contributed by atoms with E-state index in [9.17, 15) is 14.7 Å². The van der Waals surface area contributed by atoms with Crippen LogP contribution in [0.3, 0.4) is 0 Å². The number of hydrogen-bond donors (Lipinski definition) is 2. The lowest BCUT2D eigenvalue weighted by molar-refractivity contribution is 0.0698. The molecule has 0 bridgehead atoms. The Balaban J connectivity index is 2.20. The first kappa shape index (κ1) is 15.2. The highest BCUT2D eigenvalue weighted by molar-refractivity contribution is 6.00. The third kappa shape index (κ3) is 3.65. The number of rotatable bonds is 6. The largest absolute Gasteiger partial charge is 0.497 e. The fourth-order valence-electron chi connectivity index (χ4n) is 2.20. The van der Waals surface area contributed by atoms with Gasteiger partial charge in [0.1, 0.15) is 5.75 Å². The molecule has 0 aromatic heterocycles. The van der Waals surface area contributed by atoms with Crippen molar-refractivity contribution in [2.45, 2.75) is 32.2 Å². The molecular formula is C15H20N2O4. The van der Waals surface area contributed by atoms with Crippen LogP contribution in [0.25, 0.3) is 0 Å². The van der Waals surface area contributed by atoms with Crippen LogP contribution in [0.2, 0.25) is 0 Å². The van der Waals surface area contributed by atoms with Gasteiger partial charge >= 0.3 is 12.0 Å². The molecule has 1 aliphatic rings. The van der Waals surface area contributed by atoms with E-state index in [1.165, 1.54) is 19.2 Å². The van der Waals surface area contributed by atoms with Crippen molar-refractivity contribution < 1.29 is 19.4 Å². The molecule has 2 N–H and O–H groups in total. The molecular weight excluding hydrogens is 272 g/mol. The molecule has 0 spiro atoms. The molecule has 0 heterocycles. The Morgan fingerprint density at radius 1 is 1.43 bits per heavy atom. The minimum atomic E-state index is -1.08. The number of urea groups is 1. The van der Waals surface area contributed by atoms with Gasteiger partial charge in [-0.2, -0.15) is 0 Å². The number of ether oxygens (including phenoxy) is 1. The zero-order valence-electron chi connectivity index (χ0n) is 12.3. The van der Waals surface area contributed by atoms with Crippen LogP contribution < -0.4 is 10.1 Å². The van der Waals surface area contributed by atoms with Gasteiger partial charge in [0, 0.05) is 18.7 Å². The molecule has 21 heavy (non-hydrogen) atoms. The maximum absolute atomic E-state index is 12.3. The second kappa shape index (κ2) is 6.47. The zero-order valence-corrected chi connectivity index (χ0v) is 12.3. The Morgan fingerprint density at radius 3 is 2.67 bits per heavy atom. The van der Waals surface area contributed by atoms with Crippen LogP contribution in [0.15, 0.2) is 18.2 Å². The van der Waals surface area contributed by atoms with Gasteiger partial charge in [0.25, 0.3) is 0 Å². The molecule has 0 radical (unpaired) electrons. The number of methoxy groups -OCH3 is 1. The molecule has 114 valence electrons.